The molecule has 0 saturated heterocycles. The fourth-order valence-corrected chi connectivity index (χ4v) is 3.21. The predicted octanol–water partition coefficient (Wildman–Crippen LogP) is 3.79. The first-order valence-corrected chi connectivity index (χ1v) is 8.63. The van der Waals surface area contributed by atoms with Gasteiger partial charge in [-0.1, -0.05) is 6.07 Å². The number of fused-ring (bicyclic) bond motifs is 1. The highest BCUT2D eigenvalue weighted by atomic mass is 32.1. The molecule has 7 heteroatoms. The minimum atomic E-state index is -0.327. The van der Waals surface area contributed by atoms with E-state index in [1.54, 1.807) is 25.3 Å². The molecule has 3 aromatic rings. The third-order valence-corrected chi connectivity index (χ3v) is 4.50. The van der Waals surface area contributed by atoms with Gasteiger partial charge < -0.3 is 15.4 Å². The number of hydrogen-bond acceptors (Lipinski definition) is 5. The Bertz CT molecular complexity index is 893. The van der Waals surface area contributed by atoms with Crippen molar-refractivity contribution in [3.8, 4) is 0 Å². The summed E-state index contributed by atoms with van der Waals surface area (Å²) in [5.74, 6) is -0.327. The standard InChI is InChI=1S/C18H17N3O3S/c1-2-24-17(22)16-10-12-9-13(6-7-15(12)25-16)21-18(23)20-11-14-5-3-4-8-19-14/h3-10H,2,11H2,1H3,(H2,20,21,23). The molecule has 0 atom stereocenters. The van der Waals surface area contributed by atoms with Gasteiger partial charge in [0.25, 0.3) is 0 Å². The third-order valence-electron chi connectivity index (χ3n) is 3.41. The fourth-order valence-electron chi connectivity index (χ4n) is 2.27. The number of urea groups is 1. The molecule has 6 nitrogen and oxygen atoms in total. The van der Waals surface area contributed by atoms with Crippen molar-refractivity contribution < 1.29 is 14.3 Å². The molecular weight excluding hydrogens is 338 g/mol. The van der Waals surface area contributed by atoms with E-state index in [1.807, 2.05) is 30.3 Å². The van der Waals surface area contributed by atoms with Crippen molar-refractivity contribution in [1.29, 1.82) is 0 Å². The summed E-state index contributed by atoms with van der Waals surface area (Å²) in [6.07, 6.45) is 1.68. The molecule has 0 aliphatic rings. The summed E-state index contributed by atoms with van der Waals surface area (Å²) >= 11 is 1.37. The number of nitrogens with one attached hydrogen (secondary N) is 2. The molecule has 2 N–H and O–H groups in total. The van der Waals surface area contributed by atoms with Crippen molar-refractivity contribution >= 4 is 39.1 Å². The van der Waals surface area contributed by atoms with Gasteiger partial charge >= 0.3 is 12.0 Å². The van der Waals surface area contributed by atoms with E-state index in [0.29, 0.717) is 23.7 Å². The molecule has 2 aromatic heterocycles. The number of rotatable bonds is 5. The Kier molecular flexibility index (Phi) is 5.25. The van der Waals surface area contributed by atoms with Crippen LogP contribution in [-0.4, -0.2) is 23.6 Å². The van der Waals surface area contributed by atoms with Gasteiger partial charge in [-0.05, 0) is 48.7 Å². The molecule has 0 radical (unpaired) electrons. The minimum Gasteiger partial charge on any atom is -0.462 e. The Balaban J connectivity index is 1.65. The second kappa shape index (κ2) is 7.76. The van der Waals surface area contributed by atoms with Gasteiger partial charge in [-0.15, -0.1) is 11.3 Å². The van der Waals surface area contributed by atoms with Crippen LogP contribution in [0.2, 0.25) is 0 Å². The normalized spacial score (nSPS) is 10.4. The molecule has 1 aromatic carbocycles. The molecule has 128 valence electrons. The zero-order valence-corrected chi connectivity index (χ0v) is 14.4. The van der Waals surface area contributed by atoms with Crippen LogP contribution in [0.15, 0.2) is 48.7 Å². The predicted molar refractivity (Wildman–Crippen MR) is 97.9 cm³/mol. The molecule has 2 heterocycles. The lowest BCUT2D eigenvalue weighted by molar-refractivity contribution is 0.0532. The number of thiophene rings is 1. The van der Waals surface area contributed by atoms with Crippen LogP contribution in [0.3, 0.4) is 0 Å². The third kappa shape index (κ3) is 4.33. The number of esters is 1. The quantitative estimate of drug-likeness (QED) is 0.682. The van der Waals surface area contributed by atoms with Gasteiger partial charge in [-0.2, -0.15) is 0 Å². The van der Waals surface area contributed by atoms with Gasteiger partial charge in [-0.25, -0.2) is 9.59 Å². The molecule has 0 spiro atoms. The Morgan fingerprint density at radius 3 is 2.84 bits per heavy atom. The first-order chi connectivity index (χ1) is 12.2. The van der Waals surface area contributed by atoms with E-state index in [4.69, 9.17) is 4.74 Å². The lowest BCUT2D eigenvalue weighted by atomic mass is 10.2. The largest absolute Gasteiger partial charge is 0.462 e. The van der Waals surface area contributed by atoms with E-state index in [-0.39, 0.29) is 12.0 Å². The summed E-state index contributed by atoms with van der Waals surface area (Å²) in [5.41, 5.74) is 1.43. The number of carbonyl (C=O) groups is 2. The average molecular weight is 355 g/mol. The summed E-state index contributed by atoms with van der Waals surface area (Å²) in [6, 6.07) is 12.5. The van der Waals surface area contributed by atoms with Crippen molar-refractivity contribution in [3.05, 3.63) is 59.2 Å². The topological polar surface area (TPSA) is 80.3 Å². The van der Waals surface area contributed by atoms with Crippen molar-refractivity contribution in [2.24, 2.45) is 0 Å². The summed E-state index contributed by atoms with van der Waals surface area (Å²) in [7, 11) is 0. The smallest absolute Gasteiger partial charge is 0.348 e. The van der Waals surface area contributed by atoms with Crippen LogP contribution >= 0.6 is 11.3 Å². The van der Waals surface area contributed by atoms with Gasteiger partial charge in [0.2, 0.25) is 0 Å². The fraction of sp³-hybridized carbons (Fsp3) is 0.167. The highest BCUT2D eigenvalue weighted by Crippen LogP contribution is 2.28. The summed E-state index contributed by atoms with van der Waals surface area (Å²) < 4.78 is 5.97. The maximum atomic E-state index is 12.0. The number of ether oxygens (including phenoxy) is 1. The van der Waals surface area contributed by atoms with Crippen LogP contribution in [0.5, 0.6) is 0 Å². The van der Waals surface area contributed by atoms with Crippen LogP contribution in [0.4, 0.5) is 10.5 Å². The van der Waals surface area contributed by atoms with Gasteiger partial charge in [0.05, 0.1) is 18.8 Å². The van der Waals surface area contributed by atoms with E-state index < -0.39 is 0 Å². The number of hydrogen-bond donors (Lipinski definition) is 2. The molecule has 0 bridgehead atoms. The maximum absolute atomic E-state index is 12.0. The van der Waals surface area contributed by atoms with Crippen molar-refractivity contribution in [2.45, 2.75) is 13.5 Å². The van der Waals surface area contributed by atoms with Gasteiger partial charge in [0.15, 0.2) is 0 Å². The monoisotopic (exact) mass is 355 g/mol. The molecule has 25 heavy (non-hydrogen) atoms. The summed E-state index contributed by atoms with van der Waals surface area (Å²) in [5, 5.41) is 6.41. The number of pyridine rings is 1. The SMILES string of the molecule is CCOC(=O)c1cc2cc(NC(=O)NCc3ccccn3)ccc2s1. The zero-order valence-electron chi connectivity index (χ0n) is 13.6. The minimum absolute atomic E-state index is 0.314. The number of nitrogens with zero attached hydrogens (tertiary/aromatic N) is 1. The lowest BCUT2D eigenvalue weighted by Gasteiger charge is -2.07. The van der Waals surface area contributed by atoms with E-state index in [9.17, 15) is 9.59 Å². The zero-order chi connectivity index (χ0) is 17.6. The van der Waals surface area contributed by atoms with Crippen LogP contribution in [0.25, 0.3) is 10.1 Å². The number of anilines is 1. The van der Waals surface area contributed by atoms with Gasteiger partial charge in [-0.3, -0.25) is 4.98 Å². The number of amides is 2. The van der Waals surface area contributed by atoms with Crippen LogP contribution < -0.4 is 10.6 Å². The van der Waals surface area contributed by atoms with Crippen LogP contribution in [-0.2, 0) is 11.3 Å². The van der Waals surface area contributed by atoms with Gasteiger partial charge in [0, 0.05) is 16.6 Å². The Morgan fingerprint density at radius 2 is 2.08 bits per heavy atom. The summed E-state index contributed by atoms with van der Waals surface area (Å²) in [6.45, 7) is 2.47. The lowest BCUT2D eigenvalue weighted by Crippen LogP contribution is -2.28. The van der Waals surface area contributed by atoms with Crippen molar-refractivity contribution in [3.63, 3.8) is 0 Å². The highest BCUT2D eigenvalue weighted by Gasteiger charge is 2.12. The average Bonchev–Trinajstić information content (AvgIpc) is 3.04. The molecule has 0 saturated carbocycles. The molecule has 0 unspecified atom stereocenters. The first-order valence-electron chi connectivity index (χ1n) is 7.81. The summed E-state index contributed by atoms with van der Waals surface area (Å²) in [4.78, 5) is 28.5. The van der Waals surface area contributed by atoms with E-state index in [1.165, 1.54) is 11.3 Å². The second-order valence-corrected chi connectivity index (χ2v) is 6.30. The first kappa shape index (κ1) is 16.9. The number of benzene rings is 1. The molecule has 2 amide bonds. The van der Waals surface area contributed by atoms with Crippen molar-refractivity contribution in [2.75, 3.05) is 11.9 Å². The Hall–Kier alpha value is -2.93. The Labute approximate surface area is 148 Å². The maximum Gasteiger partial charge on any atom is 0.348 e. The molecule has 0 aliphatic carbocycles. The van der Waals surface area contributed by atoms with Crippen LogP contribution in [0.1, 0.15) is 22.3 Å². The van der Waals surface area contributed by atoms with E-state index in [0.717, 1.165) is 15.8 Å². The highest BCUT2D eigenvalue weighted by molar-refractivity contribution is 7.20. The molecule has 0 fully saturated rings. The molecule has 0 aliphatic heterocycles. The number of aromatic nitrogens is 1. The van der Waals surface area contributed by atoms with Crippen LogP contribution in [0, 0.1) is 0 Å². The number of carbonyl (C=O) groups excluding carboxylic acids is 2. The molecular formula is C18H17N3O3S. The van der Waals surface area contributed by atoms with E-state index in [2.05, 4.69) is 15.6 Å². The van der Waals surface area contributed by atoms with Crippen molar-refractivity contribution in [1.82, 2.24) is 10.3 Å². The second-order valence-electron chi connectivity index (χ2n) is 5.21. The van der Waals surface area contributed by atoms with Gasteiger partial charge in [0.1, 0.15) is 4.88 Å². The molecule has 3 rings (SSSR count). The van der Waals surface area contributed by atoms with E-state index >= 15 is 0 Å². The Morgan fingerprint density at radius 1 is 1.20 bits per heavy atom.